The fourth-order valence-corrected chi connectivity index (χ4v) is 4.31. The van der Waals surface area contributed by atoms with Crippen molar-refractivity contribution in [2.24, 2.45) is 5.92 Å². The van der Waals surface area contributed by atoms with Gasteiger partial charge in [0.15, 0.2) is 0 Å². The van der Waals surface area contributed by atoms with Crippen LogP contribution in [-0.2, 0) is 6.18 Å². The van der Waals surface area contributed by atoms with Gasteiger partial charge in [-0.3, -0.25) is 9.29 Å². The van der Waals surface area contributed by atoms with Gasteiger partial charge in [-0.2, -0.15) is 13.2 Å². The average molecular weight is 516 g/mol. The molecule has 0 bridgehead atoms. The van der Waals surface area contributed by atoms with Gasteiger partial charge in [0, 0.05) is 36.7 Å². The van der Waals surface area contributed by atoms with Gasteiger partial charge < -0.3 is 14.6 Å². The van der Waals surface area contributed by atoms with Crippen molar-refractivity contribution in [3.63, 3.8) is 0 Å². The maximum absolute atomic E-state index is 12.8. The number of hydrogen-bond acceptors (Lipinski definition) is 4. The predicted octanol–water partition coefficient (Wildman–Crippen LogP) is 6.70. The van der Waals surface area contributed by atoms with Crippen LogP contribution in [0.15, 0.2) is 72.8 Å². The summed E-state index contributed by atoms with van der Waals surface area (Å²) in [6.45, 7) is 5.18. The highest BCUT2D eigenvalue weighted by Crippen LogP contribution is 2.39. The first-order valence-corrected chi connectivity index (χ1v) is 12.0. The van der Waals surface area contributed by atoms with Crippen LogP contribution in [0.4, 0.5) is 17.6 Å². The Morgan fingerprint density at radius 1 is 1.00 bits per heavy atom. The number of rotatable bonds is 6. The molecule has 0 radical (unpaired) electrons. The highest BCUT2D eigenvalue weighted by atomic mass is 19.4. The fraction of sp³-hybridized carbons (Fsp3) is 0.310. The number of alkyl halides is 4. The number of nitrogens with zero attached hydrogens (tertiary/aromatic N) is 1. The van der Waals surface area contributed by atoms with E-state index in [1.807, 2.05) is 37.3 Å². The Morgan fingerprint density at radius 3 is 2.46 bits per heavy atom. The van der Waals surface area contributed by atoms with E-state index in [2.05, 4.69) is 4.90 Å². The summed E-state index contributed by atoms with van der Waals surface area (Å²) in [6, 6.07) is 19.7. The minimum absolute atomic E-state index is 0.0898. The van der Waals surface area contributed by atoms with E-state index in [1.54, 1.807) is 18.2 Å². The highest BCUT2D eigenvalue weighted by molar-refractivity contribution is 5.94. The molecule has 37 heavy (non-hydrogen) atoms. The maximum Gasteiger partial charge on any atom is 0.416 e. The molecule has 3 aromatic rings. The van der Waals surface area contributed by atoms with E-state index in [4.69, 9.17) is 9.47 Å². The lowest BCUT2D eigenvalue weighted by atomic mass is 9.93. The normalized spacial score (nSPS) is 15.7. The lowest BCUT2D eigenvalue weighted by Gasteiger charge is -2.37. The van der Waals surface area contributed by atoms with Crippen molar-refractivity contribution in [3.8, 4) is 17.2 Å². The van der Waals surface area contributed by atoms with Gasteiger partial charge in [0.1, 0.15) is 30.5 Å². The summed E-state index contributed by atoms with van der Waals surface area (Å²) in [7, 11) is 0. The molecule has 5 rings (SSSR count). The SMILES string of the molecule is CC1=C(c2cccc(C(F)(F)F)c2)COc2ccc(O)cc21.FCC1CN(CCOc2ccccc2)C1. The summed E-state index contributed by atoms with van der Waals surface area (Å²) in [4.78, 5) is 2.22. The summed E-state index contributed by atoms with van der Waals surface area (Å²) in [5.74, 6) is 1.87. The number of para-hydroxylation sites is 1. The zero-order valence-corrected chi connectivity index (χ0v) is 20.5. The number of hydrogen-bond donors (Lipinski definition) is 1. The third-order valence-corrected chi connectivity index (χ3v) is 6.40. The van der Waals surface area contributed by atoms with Crippen LogP contribution < -0.4 is 9.47 Å². The minimum Gasteiger partial charge on any atom is -0.508 e. The predicted molar refractivity (Wildman–Crippen MR) is 135 cm³/mol. The number of halogens is 4. The second-order valence-corrected chi connectivity index (χ2v) is 9.09. The van der Waals surface area contributed by atoms with Crippen molar-refractivity contribution < 1.29 is 32.1 Å². The summed E-state index contributed by atoms with van der Waals surface area (Å²) < 4.78 is 61.8. The second-order valence-electron chi connectivity index (χ2n) is 9.09. The van der Waals surface area contributed by atoms with Crippen LogP contribution in [0.3, 0.4) is 0 Å². The lowest BCUT2D eigenvalue weighted by Crippen LogP contribution is -2.49. The summed E-state index contributed by atoms with van der Waals surface area (Å²) in [6.07, 6.45) is -4.38. The van der Waals surface area contributed by atoms with Crippen LogP contribution >= 0.6 is 0 Å². The summed E-state index contributed by atoms with van der Waals surface area (Å²) in [5.41, 5.74) is 1.97. The molecule has 0 atom stereocenters. The Bertz CT molecular complexity index is 1220. The van der Waals surface area contributed by atoms with E-state index in [-0.39, 0.29) is 24.9 Å². The first-order chi connectivity index (χ1) is 17.7. The van der Waals surface area contributed by atoms with Gasteiger partial charge in [-0.15, -0.1) is 0 Å². The van der Waals surface area contributed by atoms with Crippen molar-refractivity contribution in [2.45, 2.75) is 13.1 Å². The van der Waals surface area contributed by atoms with Gasteiger partial charge in [0.2, 0.25) is 0 Å². The van der Waals surface area contributed by atoms with Crippen molar-refractivity contribution >= 4 is 11.1 Å². The van der Waals surface area contributed by atoms with Gasteiger partial charge in [0.25, 0.3) is 0 Å². The quantitative estimate of drug-likeness (QED) is 0.371. The Hall–Kier alpha value is -3.52. The first kappa shape index (κ1) is 26.5. The molecule has 196 valence electrons. The van der Waals surface area contributed by atoms with Gasteiger partial charge in [-0.1, -0.05) is 30.3 Å². The summed E-state index contributed by atoms with van der Waals surface area (Å²) >= 11 is 0. The van der Waals surface area contributed by atoms with E-state index in [0.717, 1.165) is 43.1 Å². The third kappa shape index (κ3) is 6.83. The van der Waals surface area contributed by atoms with E-state index in [1.165, 1.54) is 12.1 Å². The van der Waals surface area contributed by atoms with Crippen molar-refractivity contribution in [1.82, 2.24) is 4.90 Å². The zero-order chi connectivity index (χ0) is 26.4. The van der Waals surface area contributed by atoms with Gasteiger partial charge in [-0.05, 0) is 60.5 Å². The van der Waals surface area contributed by atoms with E-state index < -0.39 is 11.7 Å². The molecule has 0 aliphatic carbocycles. The largest absolute Gasteiger partial charge is 0.508 e. The van der Waals surface area contributed by atoms with Crippen molar-refractivity contribution in [2.75, 3.05) is 39.5 Å². The second kappa shape index (κ2) is 11.7. The number of aromatic hydroxyl groups is 1. The number of likely N-dealkylation sites (tertiary alicyclic amines) is 1. The molecule has 1 N–H and O–H groups in total. The first-order valence-electron chi connectivity index (χ1n) is 12.0. The fourth-order valence-electron chi connectivity index (χ4n) is 4.31. The van der Waals surface area contributed by atoms with Crippen LogP contribution in [0.2, 0.25) is 0 Å². The highest BCUT2D eigenvalue weighted by Gasteiger charge is 2.31. The van der Waals surface area contributed by atoms with E-state index >= 15 is 0 Å². The van der Waals surface area contributed by atoms with Crippen LogP contribution in [-0.4, -0.2) is 49.5 Å². The molecule has 2 aliphatic rings. The zero-order valence-electron chi connectivity index (χ0n) is 20.5. The Labute approximate surface area is 213 Å². The van der Waals surface area contributed by atoms with Crippen molar-refractivity contribution in [3.05, 3.63) is 89.5 Å². The molecule has 8 heteroatoms. The number of ether oxygens (including phenoxy) is 2. The molecule has 4 nitrogen and oxygen atoms in total. The topological polar surface area (TPSA) is 41.9 Å². The Kier molecular flexibility index (Phi) is 8.38. The van der Waals surface area contributed by atoms with Gasteiger partial charge in [0.05, 0.1) is 12.2 Å². The number of allylic oxidation sites excluding steroid dienone is 1. The number of phenolic OH excluding ortho intramolecular Hbond substituents is 1. The molecule has 0 aromatic heterocycles. The van der Waals surface area contributed by atoms with Crippen molar-refractivity contribution in [1.29, 1.82) is 0 Å². The molecule has 3 aromatic carbocycles. The van der Waals surface area contributed by atoms with Gasteiger partial charge >= 0.3 is 6.18 Å². The minimum atomic E-state index is -4.38. The smallest absolute Gasteiger partial charge is 0.416 e. The molecule has 0 unspecified atom stereocenters. The van der Waals surface area contributed by atoms with E-state index in [0.29, 0.717) is 29.1 Å². The maximum atomic E-state index is 12.8. The Morgan fingerprint density at radius 2 is 1.76 bits per heavy atom. The van der Waals surface area contributed by atoms with Crippen LogP contribution in [0.1, 0.15) is 23.6 Å². The molecular formula is C29H29F4NO3. The average Bonchev–Trinajstić information content (AvgIpc) is 2.86. The molecule has 1 fully saturated rings. The third-order valence-electron chi connectivity index (χ3n) is 6.40. The molecule has 1 saturated heterocycles. The van der Waals surface area contributed by atoms with Crippen LogP contribution in [0.5, 0.6) is 17.2 Å². The number of benzene rings is 3. The van der Waals surface area contributed by atoms with Crippen LogP contribution in [0, 0.1) is 5.92 Å². The monoisotopic (exact) mass is 515 g/mol. The number of fused-ring (bicyclic) bond motifs is 1. The van der Waals surface area contributed by atoms with E-state index in [9.17, 15) is 22.7 Å². The molecule has 0 amide bonds. The van der Waals surface area contributed by atoms with Crippen LogP contribution in [0.25, 0.3) is 11.1 Å². The Balaban J connectivity index is 0.000000186. The number of phenols is 1. The molecular weight excluding hydrogens is 486 g/mol. The van der Waals surface area contributed by atoms with Gasteiger partial charge in [-0.25, -0.2) is 0 Å². The molecule has 2 aliphatic heterocycles. The molecule has 0 saturated carbocycles. The lowest BCUT2D eigenvalue weighted by molar-refractivity contribution is -0.137. The standard InChI is InChI=1S/C17H13F3O2.C12H16FNO/c1-10-14-8-13(21)5-6-16(14)22-9-15(10)11-3-2-4-12(7-11)17(18,19)20;13-8-11-9-14(10-11)6-7-15-12-4-2-1-3-5-12/h2-8,21H,9H2,1H3;1-5,11H,6-10H2. The molecule has 2 heterocycles. The molecule has 0 spiro atoms. The summed E-state index contributed by atoms with van der Waals surface area (Å²) in [5, 5.41) is 9.59.